The third-order valence-corrected chi connectivity index (χ3v) is 2.59. The fourth-order valence-corrected chi connectivity index (χ4v) is 1.61. The summed E-state index contributed by atoms with van der Waals surface area (Å²) in [5.41, 5.74) is 0.209. The largest absolute Gasteiger partial charge is 0.358 e. The van der Waals surface area contributed by atoms with Crippen molar-refractivity contribution in [1.29, 1.82) is 0 Å². The van der Waals surface area contributed by atoms with Gasteiger partial charge in [0.25, 0.3) is 0 Å². The summed E-state index contributed by atoms with van der Waals surface area (Å²) in [5.74, 6) is -1.96. The molecule has 0 aromatic heterocycles. The number of nitrogens with one attached hydrogen (secondary N) is 2. The zero-order chi connectivity index (χ0) is 13.0. The van der Waals surface area contributed by atoms with Crippen molar-refractivity contribution in [3.05, 3.63) is 35.4 Å². The van der Waals surface area contributed by atoms with Gasteiger partial charge in [-0.05, 0) is 19.9 Å². The van der Waals surface area contributed by atoms with Crippen molar-refractivity contribution in [3.63, 3.8) is 0 Å². The van der Waals surface area contributed by atoms with Gasteiger partial charge in [-0.2, -0.15) is 0 Å². The molecule has 5 heteroatoms. The lowest BCUT2D eigenvalue weighted by atomic mass is 10.1. The zero-order valence-electron chi connectivity index (χ0n) is 10.1. The first-order valence-corrected chi connectivity index (χ1v) is 5.39. The second-order valence-electron chi connectivity index (χ2n) is 3.87. The lowest BCUT2D eigenvalue weighted by Gasteiger charge is -2.19. The van der Waals surface area contributed by atoms with Crippen LogP contribution in [0.5, 0.6) is 0 Å². The average molecular weight is 242 g/mol. The van der Waals surface area contributed by atoms with Crippen molar-refractivity contribution in [2.24, 2.45) is 0 Å². The van der Waals surface area contributed by atoms with Gasteiger partial charge < -0.3 is 5.32 Å². The van der Waals surface area contributed by atoms with Crippen molar-refractivity contribution >= 4 is 5.91 Å². The van der Waals surface area contributed by atoms with E-state index in [1.807, 2.05) is 0 Å². The van der Waals surface area contributed by atoms with Crippen LogP contribution in [0.4, 0.5) is 8.78 Å². The van der Waals surface area contributed by atoms with Crippen LogP contribution in [-0.2, 0) is 4.79 Å². The summed E-state index contributed by atoms with van der Waals surface area (Å²) in [6.07, 6.45) is 0. The lowest BCUT2D eigenvalue weighted by Crippen LogP contribution is -2.41. The minimum absolute atomic E-state index is 0.200. The molecule has 1 aromatic rings. The zero-order valence-corrected chi connectivity index (χ0v) is 10.1. The minimum atomic E-state index is -0.885. The molecule has 17 heavy (non-hydrogen) atoms. The summed E-state index contributed by atoms with van der Waals surface area (Å²) in [6, 6.07) is 3.08. The molecular weight excluding hydrogens is 226 g/mol. The van der Waals surface area contributed by atoms with E-state index in [1.54, 1.807) is 13.8 Å². The summed E-state index contributed by atoms with van der Waals surface area (Å²) in [4.78, 5) is 11.3. The number of hydrogen-bond donors (Lipinski definition) is 2. The maximum atomic E-state index is 13.5. The number of hydrogen-bond acceptors (Lipinski definition) is 2. The molecule has 0 spiro atoms. The summed E-state index contributed by atoms with van der Waals surface area (Å²) in [5, 5.41) is 5.37. The monoisotopic (exact) mass is 242 g/mol. The van der Waals surface area contributed by atoms with Gasteiger partial charge in [0.15, 0.2) is 11.6 Å². The first-order valence-electron chi connectivity index (χ1n) is 5.39. The first-order chi connectivity index (χ1) is 7.97. The van der Waals surface area contributed by atoms with Gasteiger partial charge in [0.05, 0.1) is 6.04 Å². The molecule has 0 saturated heterocycles. The smallest absolute Gasteiger partial charge is 0.236 e. The van der Waals surface area contributed by atoms with Gasteiger partial charge in [0, 0.05) is 18.7 Å². The standard InChI is InChI=1S/C12H16F2N2O/c1-7(16-8(2)12(17)15-3)9-5-4-6-10(13)11(9)14/h4-8,16H,1-3H3,(H,15,17). The van der Waals surface area contributed by atoms with Crippen LogP contribution in [0.1, 0.15) is 25.5 Å². The van der Waals surface area contributed by atoms with Crippen LogP contribution in [0.25, 0.3) is 0 Å². The molecule has 2 atom stereocenters. The highest BCUT2D eigenvalue weighted by Crippen LogP contribution is 2.19. The van der Waals surface area contributed by atoms with E-state index < -0.39 is 23.7 Å². The number of carbonyl (C=O) groups is 1. The van der Waals surface area contributed by atoms with E-state index in [0.717, 1.165) is 6.07 Å². The van der Waals surface area contributed by atoms with Crippen molar-refractivity contribution < 1.29 is 13.6 Å². The van der Waals surface area contributed by atoms with E-state index in [0.29, 0.717) is 0 Å². The molecule has 1 rings (SSSR count). The Bertz CT molecular complexity index is 409. The van der Waals surface area contributed by atoms with E-state index in [4.69, 9.17) is 0 Å². The predicted molar refractivity (Wildman–Crippen MR) is 61.4 cm³/mol. The Kier molecular flexibility index (Phi) is 4.57. The number of amides is 1. The molecule has 0 saturated carbocycles. The summed E-state index contributed by atoms with van der Waals surface area (Å²) in [6.45, 7) is 3.34. The maximum Gasteiger partial charge on any atom is 0.236 e. The average Bonchev–Trinajstić information content (AvgIpc) is 2.31. The predicted octanol–water partition coefficient (Wildman–Crippen LogP) is 1.75. The van der Waals surface area contributed by atoms with Crippen LogP contribution in [0, 0.1) is 11.6 Å². The summed E-state index contributed by atoms with van der Waals surface area (Å²) < 4.78 is 26.5. The number of likely N-dealkylation sites (N-methyl/N-ethyl adjacent to an activating group) is 1. The second-order valence-corrected chi connectivity index (χ2v) is 3.87. The third kappa shape index (κ3) is 3.23. The molecule has 2 N–H and O–H groups in total. The quantitative estimate of drug-likeness (QED) is 0.844. The normalized spacial score (nSPS) is 14.2. The molecule has 0 aliphatic rings. The van der Waals surface area contributed by atoms with E-state index in [2.05, 4.69) is 10.6 Å². The molecule has 1 aromatic carbocycles. The van der Waals surface area contributed by atoms with Crippen LogP contribution in [0.2, 0.25) is 0 Å². The van der Waals surface area contributed by atoms with Crippen molar-refractivity contribution in [3.8, 4) is 0 Å². The minimum Gasteiger partial charge on any atom is -0.358 e. The van der Waals surface area contributed by atoms with Crippen molar-refractivity contribution in [2.75, 3.05) is 7.05 Å². The van der Waals surface area contributed by atoms with Gasteiger partial charge in [-0.3, -0.25) is 10.1 Å². The Hall–Kier alpha value is -1.49. The molecule has 0 aliphatic carbocycles. The number of benzene rings is 1. The van der Waals surface area contributed by atoms with Gasteiger partial charge in [-0.15, -0.1) is 0 Å². The highest BCUT2D eigenvalue weighted by atomic mass is 19.2. The SMILES string of the molecule is CNC(=O)C(C)NC(C)c1cccc(F)c1F. The molecule has 3 nitrogen and oxygen atoms in total. The van der Waals surface area contributed by atoms with Gasteiger partial charge in [-0.25, -0.2) is 8.78 Å². The molecule has 94 valence electrons. The lowest BCUT2D eigenvalue weighted by molar-refractivity contribution is -0.122. The fraction of sp³-hybridized carbons (Fsp3) is 0.417. The number of halogens is 2. The van der Waals surface area contributed by atoms with E-state index in [1.165, 1.54) is 19.2 Å². The molecule has 1 amide bonds. The Morgan fingerprint density at radius 2 is 1.94 bits per heavy atom. The van der Waals surface area contributed by atoms with Gasteiger partial charge >= 0.3 is 0 Å². The molecule has 0 radical (unpaired) electrons. The molecule has 0 aliphatic heterocycles. The molecule has 2 unspecified atom stereocenters. The topological polar surface area (TPSA) is 41.1 Å². The number of rotatable bonds is 4. The molecular formula is C12H16F2N2O. The van der Waals surface area contributed by atoms with Crippen LogP contribution < -0.4 is 10.6 Å². The van der Waals surface area contributed by atoms with Crippen LogP contribution in [0.3, 0.4) is 0 Å². The van der Waals surface area contributed by atoms with E-state index in [9.17, 15) is 13.6 Å². The van der Waals surface area contributed by atoms with E-state index >= 15 is 0 Å². The van der Waals surface area contributed by atoms with Crippen LogP contribution in [0.15, 0.2) is 18.2 Å². The van der Waals surface area contributed by atoms with Gasteiger partial charge in [-0.1, -0.05) is 12.1 Å². The molecule has 0 heterocycles. The highest BCUT2D eigenvalue weighted by molar-refractivity contribution is 5.80. The first kappa shape index (κ1) is 13.6. The third-order valence-electron chi connectivity index (χ3n) is 2.59. The van der Waals surface area contributed by atoms with E-state index in [-0.39, 0.29) is 11.5 Å². The van der Waals surface area contributed by atoms with Gasteiger partial charge in [0.1, 0.15) is 0 Å². The Labute approximate surface area is 99.2 Å². The van der Waals surface area contributed by atoms with Crippen LogP contribution >= 0.6 is 0 Å². The molecule has 0 fully saturated rings. The summed E-state index contributed by atoms with van der Waals surface area (Å²) >= 11 is 0. The molecule has 0 bridgehead atoms. The highest BCUT2D eigenvalue weighted by Gasteiger charge is 2.18. The Balaban J connectivity index is 2.80. The Morgan fingerprint density at radius 3 is 2.53 bits per heavy atom. The number of carbonyl (C=O) groups excluding carboxylic acids is 1. The Morgan fingerprint density at radius 1 is 1.29 bits per heavy atom. The second kappa shape index (κ2) is 5.72. The van der Waals surface area contributed by atoms with Crippen molar-refractivity contribution in [1.82, 2.24) is 10.6 Å². The fourth-order valence-electron chi connectivity index (χ4n) is 1.61. The van der Waals surface area contributed by atoms with Gasteiger partial charge in [0.2, 0.25) is 5.91 Å². The maximum absolute atomic E-state index is 13.5. The van der Waals surface area contributed by atoms with Crippen molar-refractivity contribution in [2.45, 2.75) is 25.9 Å². The summed E-state index contributed by atoms with van der Waals surface area (Å²) in [7, 11) is 1.52. The van der Waals surface area contributed by atoms with Crippen LogP contribution in [-0.4, -0.2) is 19.0 Å².